The number of nitrogens with zero attached hydrogens (tertiary/aromatic N) is 2. The van der Waals surface area contributed by atoms with Gasteiger partial charge < -0.3 is 10.2 Å². The Morgan fingerprint density at radius 3 is 2.15 bits per heavy atom. The van der Waals surface area contributed by atoms with Crippen LogP contribution in [0.5, 0.6) is 0 Å². The van der Waals surface area contributed by atoms with Crippen molar-refractivity contribution < 1.29 is 31.2 Å². The molecular weight excluding hydrogens is 686 g/mol. The molecule has 2 amide bonds. The molecule has 7 nitrogen and oxygen atoms in total. The van der Waals surface area contributed by atoms with E-state index < -0.39 is 56.9 Å². The third-order valence-electron chi connectivity index (χ3n) is 7.89. The fourth-order valence-electron chi connectivity index (χ4n) is 5.24. The molecule has 1 saturated carbocycles. The van der Waals surface area contributed by atoms with E-state index >= 15 is 0 Å². The molecule has 1 fully saturated rings. The zero-order chi connectivity index (χ0) is 33.8. The molecule has 0 radical (unpaired) electrons. The first-order valence-corrected chi connectivity index (χ1v) is 17.1. The lowest BCUT2D eigenvalue weighted by molar-refractivity contribution is -0.139. The molecule has 0 aromatic heterocycles. The van der Waals surface area contributed by atoms with Crippen LogP contribution in [0.15, 0.2) is 65.6 Å². The van der Waals surface area contributed by atoms with Crippen LogP contribution in [-0.2, 0) is 32.3 Å². The molecule has 14 heteroatoms. The number of halogens is 6. The largest absolute Gasteiger partial charge is 0.417 e. The monoisotopic (exact) mass is 717 g/mol. The first-order valence-electron chi connectivity index (χ1n) is 14.6. The van der Waals surface area contributed by atoms with Crippen LogP contribution in [0.3, 0.4) is 0 Å². The molecule has 0 heterocycles. The van der Waals surface area contributed by atoms with Crippen LogP contribution in [0.4, 0.5) is 18.9 Å². The standard InChI is InChI=1S/C32H33Cl3F3N3O4S/c1-20-8-12-25(13-9-20)46(44,45)41(24-11-15-27(33)26(17-24)32(36,37)38)19-30(42)40(18-22-10-14-28(34)29(35)16-22)21(2)31(43)39-23-6-4-3-5-7-23/h8-17,21,23H,3-7,18-19H2,1-2H3,(H,39,43). The molecule has 0 spiro atoms. The fourth-order valence-corrected chi connectivity index (χ4v) is 7.19. The summed E-state index contributed by atoms with van der Waals surface area (Å²) in [6, 6.07) is 11.8. The van der Waals surface area contributed by atoms with Gasteiger partial charge in [0.15, 0.2) is 0 Å². The van der Waals surface area contributed by atoms with Crippen molar-refractivity contribution in [2.75, 3.05) is 10.8 Å². The average molecular weight is 719 g/mol. The van der Waals surface area contributed by atoms with Crippen molar-refractivity contribution >= 4 is 62.3 Å². The Kier molecular flexibility index (Phi) is 11.6. The predicted molar refractivity (Wildman–Crippen MR) is 174 cm³/mol. The summed E-state index contributed by atoms with van der Waals surface area (Å²) >= 11 is 18.1. The van der Waals surface area contributed by atoms with Crippen LogP contribution in [0, 0.1) is 6.92 Å². The summed E-state index contributed by atoms with van der Waals surface area (Å²) < 4.78 is 70.1. The maximum Gasteiger partial charge on any atom is 0.417 e. The number of alkyl halides is 3. The van der Waals surface area contributed by atoms with Crippen LogP contribution in [0.25, 0.3) is 0 Å². The zero-order valence-electron chi connectivity index (χ0n) is 25.1. The SMILES string of the molecule is Cc1ccc(S(=O)(=O)N(CC(=O)N(Cc2ccc(Cl)c(Cl)c2)C(C)C(=O)NC2CCCCC2)c2ccc(Cl)c(C(F)(F)F)c2)cc1. The molecule has 4 rings (SSSR count). The number of carbonyl (C=O) groups excluding carboxylic acids is 2. The van der Waals surface area contributed by atoms with E-state index in [4.69, 9.17) is 34.8 Å². The smallest absolute Gasteiger partial charge is 0.352 e. The van der Waals surface area contributed by atoms with Gasteiger partial charge >= 0.3 is 6.18 Å². The van der Waals surface area contributed by atoms with Gasteiger partial charge in [0.25, 0.3) is 10.0 Å². The molecule has 1 aliphatic rings. The van der Waals surface area contributed by atoms with Gasteiger partial charge in [0, 0.05) is 12.6 Å². The second-order valence-corrected chi connectivity index (χ2v) is 14.4. The number of hydrogen-bond donors (Lipinski definition) is 1. The van der Waals surface area contributed by atoms with Crippen molar-refractivity contribution in [1.29, 1.82) is 0 Å². The van der Waals surface area contributed by atoms with E-state index in [0.717, 1.165) is 49.8 Å². The lowest BCUT2D eigenvalue weighted by Crippen LogP contribution is -2.53. The molecule has 0 bridgehead atoms. The molecule has 3 aromatic rings. The minimum absolute atomic E-state index is 0.0705. The number of anilines is 1. The quantitative estimate of drug-likeness (QED) is 0.230. The Labute approximate surface area is 281 Å². The molecular formula is C32H33Cl3F3N3O4S. The summed E-state index contributed by atoms with van der Waals surface area (Å²) in [6.07, 6.45) is -0.339. The maximum atomic E-state index is 14.1. The van der Waals surface area contributed by atoms with E-state index in [-0.39, 0.29) is 27.5 Å². The van der Waals surface area contributed by atoms with E-state index in [1.165, 1.54) is 48.2 Å². The van der Waals surface area contributed by atoms with Gasteiger partial charge in [0.2, 0.25) is 11.8 Å². The van der Waals surface area contributed by atoms with Gasteiger partial charge in [-0.25, -0.2) is 8.42 Å². The Morgan fingerprint density at radius 1 is 0.913 bits per heavy atom. The highest BCUT2D eigenvalue weighted by molar-refractivity contribution is 7.92. The molecule has 1 atom stereocenters. The Hall–Kier alpha value is -2.99. The zero-order valence-corrected chi connectivity index (χ0v) is 28.2. The van der Waals surface area contributed by atoms with Crippen molar-refractivity contribution in [3.8, 4) is 0 Å². The second-order valence-electron chi connectivity index (χ2n) is 11.3. The minimum Gasteiger partial charge on any atom is -0.352 e. The summed E-state index contributed by atoms with van der Waals surface area (Å²) in [5.41, 5.74) is -0.451. The minimum atomic E-state index is -4.90. The Morgan fingerprint density at radius 2 is 1.54 bits per heavy atom. The first-order chi connectivity index (χ1) is 21.6. The summed E-state index contributed by atoms with van der Waals surface area (Å²) in [5, 5.41) is 2.82. The molecule has 248 valence electrons. The number of carbonyl (C=O) groups is 2. The van der Waals surface area contributed by atoms with E-state index in [9.17, 15) is 31.2 Å². The Balaban J connectivity index is 1.76. The molecule has 0 aliphatic heterocycles. The van der Waals surface area contributed by atoms with E-state index in [0.29, 0.717) is 15.9 Å². The maximum absolute atomic E-state index is 14.1. The normalized spacial score (nSPS) is 14.9. The van der Waals surface area contributed by atoms with E-state index in [2.05, 4.69) is 5.32 Å². The molecule has 1 N–H and O–H groups in total. The van der Waals surface area contributed by atoms with Crippen molar-refractivity contribution in [3.63, 3.8) is 0 Å². The van der Waals surface area contributed by atoms with E-state index in [1.54, 1.807) is 13.0 Å². The highest BCUT2D eigenvalue weighted by Gasteiger charge is 2.37. The number of amides is 2. The molecule has 1 aliphatic carbocycles. The number of hydrogen-bond acceptors (Lipinski definition) is 4. The van der Waals surface area contributed by atoms with Gasteiger partial charge in [-0.15, -0.1) is 0 Å². The Bertz CT molecular complexity index is 1680. The molecule has 0 saturated heterocycles. The van der Waals surface area contributed by atoms with Gasteiger partial charge in [0.1, 0.15) is 12.6 Å². The number of nitrogens with one attached hydrogen (secondary N) is 1. The summed E-state index contributed by atoms with van der Waals surface area (Å²) in [6.45, 7) is 2.17. The average Bonchev–Trinajstić information content (AvgIpc) is 3.00. The van der Waals surface area contributed by atoms with E-state index in [1.807, 2.05) is 0 Å². The van der Waals surface area contributed by atoms with Gasteiger partial charge in [-0.1, -0.05) is 77.8 Å². The summed E-state index contributed by atoms with van der Waals surface area (Å²) in [5.74, 6) is -1.28. The van der Waals surface area contributed by atoms with Gasteiger partial charge in [-0.3, -0.25) is 13.9 Å². The van der Waals surface area contributed by atoms with Gasteiger partial charge in [0.05, 0.1) is 31.2 Å². The van der Waals surface area contributed by atoms with Crippen molar-refractivity contribution in [1.82, 2.24) is 10.2 Å². The van der Waals surface area contributed by atoms with Gasteiger partial charge in [-0.05, 0) is 74.7 Å². The fraction of sp³-hybridized carbons (Fsp3) is 0.375. The number of aryl methyl sites for hydroxylation is 1. The van der Waals surface area contributed by atoms with Crippen molar-refractivity contribution in [2.45, 2.75) is 75.7 Å². The molecule has 46 heavy (non-hydrogen) atoms. The van der Waals surface area contributed by atoms with Gasteiger partial charge in [-0.2, -0.15) is 13.2 Å². The van der Waals surface area contributed by atoms with Crippen LogP contribution < -0.4 is 9.62 Å². The lowest BCUT2D eigenvalue weighted by atomic mass is 9.95. The van der Waals surface area contributed by atoms with Crippen molar-refractivity contribution in [3.05, 3.63) is 92.4 Å². The second kappa shape index (κ2) is 14.8. The lowest BCUT2D eigenvalue weighted by Gasteiger charge is -2.33. The number of rotatable bonds is 10. The first kappa shape index (κ1) is 35.9. The number of sulfonamides is 1. The van der Waals surface area contributed by atoms with Crippen LogP contribution >= 0.6 is 34.8 Å². The van der Waals surface area contributed by atoms with Crippen molar-refractivity contribution in [2.24, 2.45) is 0 Å². The topological polar surface area (TPSA) is 86.8 Å². The number of benzene rings is 3. The molecule has 1 unspecified atom stereocenters. The van der Waals surface area contributed by atoms with Crippen LogP contribution in [-0.4, -0.2) is 43.8 Å². The third-order valence-corrected chi connectivity index (χ3v) is 10.7. The summed E-state index contributed by atoms with van der Waals surface area (Å²) in [7, 11) is -4.59. The highest BCUT2D eigenvalue weighted by Crippen LogP contribution is 2.38. The van der Waals surface area contributed by atoms with Crippen LogP contribution in [0.2, 0.25) is 15.1 Å². The third kappa shape index (κ3) is 8.67. The van der Waals surface area contributed by atoms with Crippen LogP contribution in [0.1, 0.15) is 55.7 Å². The molecule has 3 aromatic carbocycles. The highest BCUT2D eigenvalue weighted by atomic mass is 35.5. The summed E-state index contributed by atoms with van der Waals surface area (Å²) in [4.78, 5) is 28.5. The predicted octanol–water partition coefficient (Wildman–Crippen LogP) is 8.04.